The average Bonchev–Trinajstić information content (AvgIpc) is 2.52. The number of anilines is 1. The monoisotopic (exact) mass is 298 g/mol. The van der Waals surface area contributed by atoms with E-state index in [9.17, 15) is 0 Å². The summed E-state index contributed by atoms with van der Waals surface area (Å²) < 4.78 is 0. The van der Waals surface area contributed by atoms with Gasteiger partial charge < -0.3 is 4.90 Å². The van der Waals surface area contributed by atoms with Gasteiger partial charge in [-0.1, -0.05) is 49.4 Å². The summed E-state index contributed by atoms with van der Waals surface area (Å²) in [7, 11) is 0. The third-order valence-electron chi connectivity index (χ3n) is 3.30. The van der Waals surface area contributed by atoms with Gasteiger partial charge in [0.15, 0.2) is 0 Å². The first-order chi connectivity index (χ1) is 10.2. The van der Waals surface area contributed by atoms with E-state index in [1.54, 1.807) is 6.20 Å². The summed E-state index contributed by atoms with van der Waals surface area (Å²) in [6.07, 6.45) is 2.59. The average molecular weight is 299 g/mol. The topological polar surface area (TPSA) is 15.6 Å². The molecule has 0 unspecified atom stereocenters. The van der Waals surface area contributed by atoms with E-state index in [0.717, 1.165) is 34.2 Å². The summed E-state index contributed by atoms with van der Waals surface area (Å²) in [5, 5.41) is 0.733. The normalized spacial score (nSPS) is 11.3. The molecule has 0 radical (unpaired) electrons. The predicted molar refractivity (Wildman–Crippen MR) is 92.7 cm³/mol. The Balaban J connectivity index is 2.44. The van der Waals surface area contributed by atoms with Crippen molar-refractivity contribution in [3.8, 4) is 0 Å². The first-order valence-corrected chi connectivity index (χ1v) is 7.34. The highest BCUT2D eigenvalue weighted by atomic mass is 35.5. The fourth-order valence-electron chi connectivity index (χ4n) is 2.11. The lowest BCUT2D eigenvalue weighted by Crippen LogP contribution is -2.24. The summed E-state index contributed by atoms with van der Waals surface area (Å²) in [5.41, 5.74) is 2.93. The molecule has 2 aromatic rings. The van der Waals surface area contributed by atoms with Gasteiger partial charge in [0.25, 0.3) is 0 Å². The van der Waals surface area contributed by atoms with Crippen molar-refractivity contribution in [2.45, 2.75) is 20.3 Å². The van der Waals surface area contributed by atoms with Crippen LogP contribution in [0.4, 0.5) is 11.4 Å². The van der Waals surface area contributed by atoms with Crippen LogP contribution >= 0.6 is 11.6 Å². The van der Waals surface area contributed by atoms with Crippen molar-refractivity contribution in [1.82, 2.24) is 0 Å². The highest BCUT2D eigenvalue weighted by Gasteiger charge is 2.10. The van der Waals surface area contributed by atoms with Crippen molar-refractivity contribution in [1.29, 1.82) is 0 Å². The molecular formula is C18H19ClN2. The molecule has 0 heterocycles. The van der Waals surface area contributed by atoms with Crippen LogP contribution in [0.15, 0.2) is 66.3 Å². The first kappa shape index (κ1) is 15.3. The Kier molecular flexibility index (Phi) is 5.18. The molecule has 0 spiro atoms. The van der Waals surface area contributed by atoms with E-state index in [-0.39, 0.29) is 0 Å². The second-order valence-electron chi connectivity index (χ2n) is 4.65. The van der Waals surface area contributed by atoms with Crippen LogP contribution < -0.4 is 4.90 Å². The predicted octanol–water partition coefficient (Wildman–Crippen LogP) is 5.74. The maximum absolute atomic E-state index is 6.17. The van der Waals surface area contributed by atoms with Gasteiger partial charge in [0.2, 0.25) is 0 Å². The number of benzene rings is 2. The lowest BCUT2D eigenvalue weighted by Gasteiger charge is -2.21. The molecule has 21 heavy (non-hydrogen) atoms. The van der Waals surface area contributed by atoms with Gasteiger partial charge >= 0.3 is 0 Å². The summed E-state index contributed by atoms with van der Waals surface area (Å²) in [6.45, 7) is 7.97. The molecule has 0 bridgehead atoms. The molecule has 2 rings (SSSR count). The number of para-hydroxylation sites is 1. The third kappa shape index (κ3) is 3.53. The standard InChI is InChI=1S/C18H19ClN2/c1-4-18(20-17-13-9-12-16(19)14(17)3)21(5-2)15-10-7-6-8-11-15/h5-13H,2,4H2,1,3H3. The largest absolute Gasteiger partial charge is 0.306 e. The summed E-state index contributed by atoms with van der Waals surface area (Å²) in [4.78, 5) is 6.77. The molecule has 0 aliphatic carbocycles. The van der Waals surface area contributed by atoms with Gasteiger partial charge in [0, 0.05) is 23.3 Å². The molecule has 0 atom stereocenters. The zero-order valence-electron chi connectivity index (χ0n) is 12.4. The second kappa shape index (κ2) is 7.09. The molecular weight excluding hydrogens is 280 g/mol. The van der Waals surface area contributed by atoms with Crippen LogP contribution in [0.5, 0.6) is 0 Å². The maximum atomic E-state index is 6.17. The van der Waals surface area contributed by atoms with Crippen molar-refractivity contribution in [3.63, 3.8) is 0 Å². The Hall–Kier alpha value is -2.06. The van der Waals surface area contributed by atoms with E-state index in [2.05, 4.69) is 13.5 Å². The molecule has 0 amide bonds. The first-order valence-electron chi connectivity index (χ1n) is 6.97. The van der Waals surface area contributed by atoms with Crippen molar-refractivity contribution in [3.05, 3.63) is 71.9 Å². The van der Waals surface area contributed by atoms with Crippen LogP contribution in [-0.2, 0) is 0 Å². The molecule has 0 aliphatic heterocycles. The van der Waals surface area contributed by atoms with Crippen LogP contribution in [0.25, 0.3) is 0 Å². The molecule has 0 saturated carbocycles. The lowest BCUT2D eigenvalue weighted by atomic mass is 10.2. The second-order valence-corrected chi connectivity index (χ2v) is 5.06. The van der Waals surface area contributed by atoms with Crippen molar-refractivity contribution >= 4 is 28.8 Å². The van der Waals surface area contributed by atoms with Gasteiger partial charge in [-0.05, 0) is 36.8 Å². The smallest absolute Gasteiger partial charge is 0.113 e. The molecule has 3 heteroatoms. The Morgan fingerprint density at radius 1 is 1.19 bits per heavy atom. The molecule has 108 valence electrons. The van der Waals surface area contributed by atoms with Crippen molar-refractivity contribution in [2.75, 3.05) is 4.90 Å². The molecule has 0 fully saturated rings. The summed E-state index contributed by atoms with van der Waals surface area (Å²) in [5.74, 6) is 0.932. The fourth-order valence-corrected chi connectivity index (χ4v) is 2.28. The Morgan fingerprint density at radius 2 is 1.90 bits per heavy atom. The highest BCUT2D eigenvalue weighted by Crippen LogP contribution is 2.27. The minimum absolute atomic E-state index is 0.733. The highest BCUT2D eigenvalue weighted by molar-refractivity contribution is 6.31. The number of aliphatic imine (C=N–C) groups is 1. The Bertz CT molecular complexity index is 648. The van der Waals surface area contributed by atoms with E-state index < -0.39 is 0 Å². The SMILES string of the molecule is C=CN(C(CC)=Nc1cccc(Cl)c1C)c1ccccc1. The van der Waals surface area contributed by atoms with Gasteiger partial charge in [-0.25, -0.2) is 4.99 Å². The molecule has 0 aliphatic rings. The molecule has 0 N–H and O–H groups in total. The van der Waals surface area contributed by atoms with Crippen LogP contribution in [0, 0.1) is 6.92 Å². The van der Waals surface area contributed by atoms with E-state index in [4.69, 9.17) is 16.6 Å². The van der Waals surface area contributed by atoms with Gasteiger partial charge in [0.05, 0.1) is 5.69 Å². The number of rotatable bonds is 4. The zero-order chi connectivity index (χ0) is 15.2. The number of hydrogen-bond donors (Lipinski definition) is 0. The summed E-state index contributed by atoms with van der Waals surface area (Å²) in [6, 6.07) is 15.9. The van der Waals surface area contributed by atoms with Crippen molar-refractivity contribution in [2.24, 2.45) is 4.99 Å². The van der Waals surface area contributed by atoms with Gasteiger partial charge in [-0.3, -0.25) is 0 Å². The van der Waals surface area contributed by atoms with Crippen molar-refractivity contribution < 1.29 is 0 Å². The molecule has 2 nitrogen and oxygen atoms in total. The van der Waals surface area contributed by atoms with E-state index in [0.29, 0.717) is 0 Å². The number of hydrogen-bond acceptors (Lipinski definition) is 1. The minimum atomic E-state index is 0.733. The summed E-state index contributed by atoms with van der Waals surface area (Å²) >= 11 is 6.17. The van der Waals surface area contributed by atoms with Crippen LogP contribution in [0.2, 0.25) is 5.02 Å². The Morgan fingerprint density at radius 3 is 2.52 bits per heavy atom. The number of nitrogens with zero attached hydrogens (tertiary/aromatic N) is 2. The van der Waals surface area contributed by atoms with Gasteiger partial charge in [0.1, 0.15) is 5.84 Å². The number of amidine groups is 1. The molecule has 0 aromatic heterocycles. The Labute approximate surface area is 131 Å². The van der Waals surface area contributed by atoms with Crippen LogP contribution in [-0.4, -0.2) is 5.84 Å². The number of halogens is 1. The minimum Gasteiger partial charge on any atom is -0.306 e. The maximum Gasteiger partial charge on any atom is 0.113 e. The van der Waals surface area contributed by atoms with Crippen LogP contribution in [0.1, 0.15) is 18.9 Å². The molecule has 2 aromatic carbocycles. The fraction of sp³-hybridized carbons (Fsp3) is 0.167. The third-order valence-corrected chi connectivity index (χ3v) is 3.71. The zero-order valence-corrected chi connectivity index (χ0v) is 13.1. The van der Waals surface area contributed by atoms with Gasteiger partial charge in [-0.15, -0.1) is 0 Å². The lowest BCUT2D eigenvalue weighted by molar-refractivity contribution is 1.18. The van der Waals surface area contributed by atoms with E-state index >= 15 is 0 Å². The van der Waals surface area contributed by atoms with Crippen LogP contribution in [0.3, 0.4) is 0 Å². The quantitative estimate of drug-likeness (QED) is 0.519. The van der Waals surface area contributed by atoms with E-state index in [1.165, 1.54) is 0 Å². The van der Waals surface area contributed by atoms with E-state index in [1.807, 2.05) is 60.4 Å². The molecule has 0 saturated heterocycles. The van der Waals surface area contributed by atoms with Gasteiger partial charge in [-0.2, -0.15) is 0 Å².